The lowest BCUT2D eigenvalue weighted by Gasteiger charge is -2.43. The van der Waals surface area contributed by atoms with Crippen LogP contribution in [0.5, 0.6) is 0 Å². The van der Waals surface area contributed by atoms with Crippen LogP contribution in [0.4, 0.5) is 11.6 Å². The first kappa shape index (κ1) is 31.0. The molecule has 2 aliphatic rings. The van der Waals surface area contributed by atoms with Crippen LogP contribution in [-0.4, -0.2) is 105 Å². The molecule has 2 fully saturated rings. The normalized spacial score (nSPS) is 25.6. The predicted molar refractivity (Wildman–Crippen MR) is 150 cm³/mol. The lowest BCUT2D eigenvalue weighted by molar-refractivity contribution is -0.131. The van der Waals surface area contributed by atoms with Crippen molar-refractivity contribution >= 4 is 25.2 Å². The Labute approximate surface area is 237 Å². The molecular formula is C24H38N9O7P. The minimum absolute atomic E-state index is 0.0232. The number of anilines is 2. The number of ether oxygens (including phenoxy) is 2. The van der Waals surface area contributed by atoms with Crippen LogP contribution in [0.2, 0.25) is 0 Å². The summed E-state index contributed by atoms with van der Waals surface area (Å²) in [6.45, 7) is 4.59. The number of rotatable bonds is 9. The van der Waals surface area contributed by atoms with Gasteiger partial charge in [0.1, 0.15) is 11.6 Å². The molecule has 16 nitrogen and oxygen atoms in total. The van der Waals surface area contributed by atoms with E-state index in [4.69, 9.17) is 19.7 Å². The van der Waals surface area contributed by atoms with Crippen LogP contribution in [0.1, 0.15) is 32.7 Å². The zero-order valence-corrected chi connectivity index (χ0v) is 24.8. The first-order valence-corrected chi connectivity index (χ1v) is 14.8. The van der Waals surface area contributed by atoms with Gasteiger partial charge in [0.25, 0.3) is 0 Å². The molecule has 0 aromatic carbocycles. The topological polar surface area (TPSA) is 179 Å². The zero-order valence-electron chi connectivity index (χ0n) is 23.9. The highest BCUT2D eigenvalue weighted by Gasteiger charge is 2.43. The second-order valence-corrected chi connectivity index (χ2v) is 12.9. The van der Waals surface area contributed by atoms with Gasteiger partial charge in [-0.1, -0.05) is 6.92 Å². The second-order valence-electron chi connectivity index (χ2n) is 10.3. The number of nitrogens with two attached hydrogens (primary N) is 1. The van der Waals surface area contributed by atoms with E-state index in [1.807, 2.05) is 18.9 Å². The Morgan fingerprint density at radius 3 is 2.32 bits per heavy atom. The van der Waals surface area contributed by atoms with Gasteiger partial charge in [-0.2, -0.15) is 9.97 Å². The van der Waals surface area contributed by atoms with Crippen molar-refractivity contribution in [2.75, 3.05) is 65.0 Å². The molecule has 2 aromatic heterocycles. The van der Waals surface area contributed by atoms with Gasteiger partial charge in [-0.25, -0.2) is 18.9 Å². The maximum absolute atomic E-state index is 14.4. The molecular weight excluding hydrogens is 557 g/mol. The van der Waals surface area contributed by atoms with Crippen molar-refractivity contribution < 1.29 is 23.4 Å². The van der Waals surface area contributed by atoms with Gasteiger partial charge < -0.3 is 25.0 Å². The van der Waals surface area contributed by atoms with Gasteiger partial charge in [-0.3, -0.25) is 23.4 Å². The third kappa shape index (κ3) is 7.27. The maximum atomic E-state index is 14.4. The summed E-state index contributed by atoms with van der Waals surface area (Å²) in [7, 11) is 1.62. The van der Waals surface area contributed by atoms with E-state index in [1.165, 1.54) is 45.3 Å². The maximum Gasteiger partial charge on any atom is 0.351 e. The number of carbonyl (C=O) groups is 1. The van der Waals surface area contributed by atoms with E-state index in [9.17, 15) is 18.9 Å². The lowest BCUT2D eigenvalue weighted by Crippen LogP contribution is -2.49. The molecule has 41 heavy (non-hydrogen) atoms. The molecule has 2 unspecified atom stereocenters. The van der Waals surface area contributed by atoms with E-state index < -0.39 is 37.6 Å². The quantitative estimate of drug-likeness (QED) is 0.375. The average Bonchev–Trinajstić information content (AvgIpc) is 2.90. The molecule has 0 spiro atoms. The zero-order chi connectivity index (χ0) is 29.9. The van der Waals surface area contributed by atoms with Gasteiger partial charge >= 0.3 is 19.0 Å². The summed E-state index contributed by atoms with van der Waals surface area (Å²) in [4.78, 5) is 46.2. The molecule has 0 saturated carbocycles. The number of nitrogens with zero attached hydrogens (tertiary/aromatic N) is 7. The van der Waals surface area contributed by atoms with E-state index >= 15 is 0 Å². The molecule has 4 heterocycles. The van der Waals surface area contributed by atoms with Crippen LogP contribution >= 0.6 is 7.67 Å². The Morgan fingerprint density at radius 2 is 1.71 bits per heavy atom. The summed E-state index contributed by atoms with van der Waals surface area (Å²) in [5, 5.41) is 2.49. The molecule has 1 amide bonds. The number of amides is 1. The molecule has 0 radical (unpaired) electrons. The van der Waals surface area contributed by atoms with Gasteiger partial charge in [0.15, 0.2) is 12.5 Å². The van der Waals surface area contributed by atoms with Crippen molar-refractivity contribution in [3.8, 4) is 0 Å². The Balaban J connectivity index is 1.50. The fraction of sp³-hybridized carbons (Fsp3) is 0.625. The van der Waals surface area contributed by atoms with E-state index in [1.54, 1.807) is 18.8 Å². The van der Waals surface area contributed by atoms with Gasteiger partial charge in [0.2, 0.25) is 5.91 Å². The number of nitrogens with one attached hydrogen (secondary N) is 1. The highest BCUT2D eigenvalue weighted by Crippen LogP contribution is 2.54. The SMILES string of the molecule is CC[C@@H]1CN([P@@](=O)(OC[C@@H]2CN(C)CC(n3ccc(NC(C)=O)nc3=O)O2)N(C)C)CC(n2ccc(N)nc2=O)O1. The summed E-state index contributed by atoms with van der Waals surface area (Å²) in [6, 6.07) is 3.03. The first-order chi connectivity index (χ1) is 19.4. The third-order valence-electron chi connectivity index (χ3n) is 6.82. The van der Waals surface area contributed by atoms with Crippen molar-refractivity contribution in [1.29, 1.82) is 0 Å². The Hall–Kier alpha value is -2.98. The molecule has 0 bridgehead atoms. The first-order valence-electron chi connectivity index (χ1n) is 13.3. The molecule has 226 valence electrons. The monoisotopic (exact) mass is 595 g/mol. The average molecular weight is 596 g/mol. The van der Waals surface area contributed by atoms with Gasteiger partial charge in [0, 0.05) is 39.0 Å². The largest absolute Gasteiger partial charge is 0.383 e. The number of nitrogen functional groups attached to an aromatic ring is 1. The smallest absolute Gasteiger partial charge is 0.351 e. The van der Waals surface area contributed by atoms with E-state index in [-0.39, 0.29) is 36.8 Å². The van der Waals surface area contributed by atoms with Crippen molar-refractivity contribution in [1.82, 2.24) is 33.3 Å². The minimum Gasteiger partial charge on any atom is -0.383 e. The third-order valence-corrected chi connectivity index (χ3v) is 9.35. The van der Waals surface area contributed by atoms with Crippen LogP contribution < -0.4 is 22.4 Å². The number of morpholine rings is 2. The Morgan fingerprint density at radius 1 is 1.07 bits per heavy atom. The van der Waals surface area contributed by atoms with Crippen LogP contribution in [0.25, 0.3) is 0 Å². The summed E-state index contributed by atoms with van der Waals surface area (Å²) in [5.41, 5.74) is 4.51. The van der Waals surface area contributed by atoms with Crippen molar-refractivity contribution in [3.63, 3.8) is 0 Å². The van der Waals surface area contributed by atoms with E-state index in [0.717, 1.165) is 0 Å². The molecule has 2 aromatic rings. The van der Waals surface area contributed by atoms with Crippen LogP contribution in [-0.2, 0) is 23.4 Å². The highest BCUT2D eigenvalue weighted by molar-refractivity contribution is 7.53. The summed E-state index contributed by atoms with van der Waals surface area (Å²) >= 11 is 0. The van der Waals surface area contributed by atoms with E-state index in [0.29, 0.717) is 26.1 Å². The summed E-state index contributed by atoms with van der Waals surface area (Å²) < 4.78 is 38.7. The summed E-state index contributed by atoms with van der Waals surface area (Å²) in [6.07, 6.45) is 1.41. The fourth-order valence-electron chi connectivity index (χ4n) is 4.78. The number of likely N-dealkylation sites (N-methyl/N-ethyl adjacent to an activating group) is 1. The Kier molecular flexibility index (Phi) is 9.74. The molecule has 3 N–H and O–H groups in total. The lowest BCUT2D eigenvalue weighted by atomic mass is 10.2. The van der Waals surface area contributed by atoms with Crippen molar-refractivity contribution in [2.24, 2.45) is 0 Å². The number of hydrogen-bond donors (Lipinski definition) is 2. The predicted octanol–water partition coefficient (Wildman–Crippen LogP) is 0.166. The standard InChI is InChI=1S/C24H38N9O7P/c1-6-17-12-31(14-22(39-17)32-9-7-19(25)27-23(32)35)41(37,29(3)4)38-15-18-11-30(5)13-21(40-18)33-10-8-20(26-16(2)34)28-24(33)36/h7-10,17-18,21-22H,6,11-15H2,1-5H3,(H2,25,27,35)(H,26,28,34,36)/t17-,18+,21?,22?,41+/m1/s1. The summed E-state index contributed by atoms with van der Waals surface area (Å²) in [5.74, 6) is -0.0773. The molecule has 4 rings (SSSR count). The second kappa shape index (κ2) is 12.9. The molecule has 0 aliphatic carbocycles. The van der Waals surface area contributed by atoms with Gasteiger partial charge in [-0.15, -0.1) is 0 Å². The van der Waals surface area contributed by atoms with Crippen molar-refractivity contribution in [3.05, 3.63) is 45.5 Å². The van der Waals surface area contributed by atoms with Crippen molar-refractivity contribution in [2.45, 2.75) is 44.9 Å². The van der Waals surface area contributed by atoms with Crippen LogP contribution in [0.3, 0.4) is 0 Å². The number of carbonyl (C=O) groups excluding carboxylic acids is 1. The fourth-order valence-corrected chi connectivity index (χ4v) is 6.78. The number of hydrogen-bond acceptors (Lipinski definition) is 11. The number of aromatic nitrogens is 4. The minimum atomic E-state index is -3.60. The van der Waals surface area contributed by atoms with Gasteiger partial charge in [0.05, 0.1) is 25.4 Å². The van der Waals surface area contributed by atoms with Gasteiger partial charge in [-0.05, 0) is 39.7 Å². The molecule has 2 aliphatic heterocycles. The Bertz CT molecular complexity index is 1400. The molecule has 17 heteroatoms. The van der Waals surface area contributed by atoms with Crippen LogP contribution in [0.15, 0.2) is 34.1 Å². The van der Waals surface area contributed by atoms with Crippen LogP contribution in [0, 0.1) is 0 Å². The van der Waals surface area contributed by atoms with E-state index in [2.05, 4.69) is 15.3 Å². The highest BCUT2D eigenvalue weighted by atomic mass is 31.2. The molecule has 5 atom stereocenters. The molecule has 2 saturated heterocycles.